The molecule has 3 rings (SSSR count). The van der Waals surface area contributed by atoms with Crippen molar-refractivity contribution in [2.24, 2.45) is 0 Å². The maximum atomic E-state index is 13.4. The van der Waals surface area contributed by atoms with Crippen molar-refractivity contribution in [2.45, 2.75) is 37.7 Å². The summed E-state index contributed by atoms with van der Waals surface area (Å²) in [6.07, 6.45) is -12.6. The highest BCUT2D eigenvalue weighted by Crippen LogP contribution is 2.39. The number of ether oxygens (including phenoxy) is 2. The maximum Gasteiger partial charge on any atom is 0.416 e. The Kier molecular flexibility index (Phi) is 7.53. The number of hydrogen-bond donors (Lipinski definition) is 1. The first-order chi connectivity index (χ1) is 15.8. The van der Waals surface area contributed by atoms with Gasteiger partial charge in [-0.25, -0.2) is 4.39 Å². The second kappa shape index (κ2) is 9.88. The van der Waals surface area contributed by atoms with Crippen LogP contribution in [-0.4, -0.2) is 42.0 Å². The van der Waals surface area contributed by atoms with E-state index in [-0.39, 0.29) is 24.8 Å². The van der Waals surface area contributed by atoms with Crippen LogP contribution in [0.3, 0.4) is 0 Å². The number of aliphatic carboxylic acids is 1. The van der Waals surface area contributed by atoms with Crippen molar-refractivity contribution in [3.8, 4) is 0 Å². The van der Waals surface area contributed by atoms with Crippen LogP contribution in [0.1, 0.15) is 41.3 Å². The third-order valence-electron chi connectivity index (χ3n) is 5.28. The summed E-state index contributed by atoms with van der Waals surface area (Å²) in [6.45, 7) is 0.974. The van der Waals surface area contributed by atoms with Gasteiger partial charge in [-0.1, -0.05) is 12.1 Å². The minimum atomic E-state index is -5.02. The van der Waals surface area contributed by atoms with E-state index in [2.05, 4.69) is 0 Å². The van der Waals surface area contributed by atoms with Crippen LogP contribution in [0.25, 0.3) is 0 Å². The average Bonchev–Trinajstić information content (AvgIpc) is 2.73. The number of alkyl halides is 6. The Bertz CT molecular complexity index is 976. The number of benzene rings is 2. The summed E-state index contributed by atoms with van der Waals surface area (Å²) in [7, 11) is 0. The van der Waals surface area contributed by atoms with E-state index in [1.54, 1.807) is 0 Å². The number of hydrogen-bond acceptors (Lipinski definition) is 4. The molecule has 0 amide bonds. The Hall–Kier alpha value is -2.70. The van der Waals surface area contributed by atoms with E-state index in [4.69, 9.17) is 9.47 Å². The van der Waals surface area contributed by atoms with Crippen molar-refractivity contribution in [1.82, 2.24) is 4.90 Å². The highest BCUT2D eigenvalue weighted by Gasteiger charge is 2.39. The number of morpholine rings is 1. The first-order valence-corrected chi connectivity index (χ1v) is 10.0. The minimum absolute atomic E-state index is 0.00124. The molecule has 1 heterocycles. The van der Waals surface area contributed by atoms with Crippen molar-refractivity contribution < 1.29 is 50.1 Å². The van der Waals surface area contributed by atoms with Crippen LogP contribution in [-0.2, 0) is 26.6 Å². The van der Waals surface area contributed by atoms with Gasteiger partial charge in [0.15, 0.2) is 6.29 Å². The summed E-state index contributed by atoms with van der Waals surface area (Å²) in [5.74, 6) is -1.73. The predicted octanol–water partition coefficient (Wildman–Crippen LogP) is 5.43. The van der Waals surface area contributed by atoms with Crippen LogP contribution in [0.5, 0.6) is 0 Å². The van der Waals surface area contributed by atoms with Crippen LogP contribution in [0.4, 0.5) is 30.7 Å². The molecule has 186 valence electrons. The Morgan fingerprint density at radius 2 is 1.65 bits per heavy atom. The number of carbonyl (C=O) groups is 1. The molecular weight excluding hydrogens is 475 g/mol. The van der Waals surface area contributed by atoms with E-state index < -0.39 is 60.2 Å². The van der Waals surface area contributed by atoms with E-state index in [9.17, 15) is 40.6 Å². The predicted molar refractivity (Wildman–Crippen MR) is 104 cm³/mol. The molecular formula is C22H20F7NO4. The van der Waals surface area contributed by atoms with E-state index >= 15 is 0 Å². The van der Waals surface area contributed by atoms with Gasteiger partial charge < -0.3 is 14.6 Å². The van der Waals surface area contributed by atoms with Crippen molar-refractivity contribution >= 4 is 5.97 Å². The molecule has 3 atom stereocenters. The topological polar surface area (TPSA) is 59.0 Å². The molecule has 2 aromatic rings. The first-order valence-electron chi connectivity index (χ1n) is 10.0. The standard InChI is InChI=1S/C22H20F7NO4/c1-12(14-8-15(21(24,25)26)10-16(9-14)22(27,28)29)34-20-19(13-2-4-17(23)5-3-13)30(6-7-33-20)11-18(31)32/h2-5,8-10,12,19-20H,6-7,11H2,1H3,(H,31,32)/t12-,19+,20-/m1/s1. The van der Waals surface area contributed by atoms with Crippen LogP contribution in [0.15, 0.2) is 42.5 Å². The fourth-order valence-corrected chi connectivity index (χ4v) is 3.67. The Labute approximate surface area is 189 Å². The SMILES string of the molecule is C[C@@H](O[C@H]1OCCN(CC(=O)O)[C@H]1c1ccc(F)cc1)c1cc(C(F)(F)F)cc(C(F)(F)F)c1. The Balaban J connectivity index is 1.95. The summed E-state index contributed by atoms with van der Waals surface area (Å²) in [5, 5.41) is 9.24. The molecule has 1 aliphatic heterocycles. The highest BCUT2D eigenvalue weighted by molar-refractivity contribution is 5.69. The van der Waals surface area contributed by atoms with Gasteiger partial charge >= 0.3 is 18.3 Å². The van der Waals surface area contributed by atoms with E-state index in [1.165, 1.54) is 24.0 Å². The molecule has 34 heavy (non-hydrogen) atoms. The molecule has 1 aliphatic rings. The number of nitrogens with zero attached hydrogens (tertiary/aromatic N) is 1. The van der Waals surface area contributed by atoms with Crippen molar-refractivity contribution in [3.05, 3.63) is 70.5 Å². The van der Waals surface area contributed by atoms with Gasteiger partial charge in [-0.3, -0.25) is 9.69 Å². The molecule has 1 saturated heterocycles. The smallest absolute Gasteiger partial charge is 0.416 e. The third-order valence-corrected chi connectivity index (χ3v) is 5.28. The summed E-state index contributed by atoms with van der Waals surface area (Å²) in [4.78, 5) is 12.8. The molecule has 0 spiro atoms. The quantitative estimate of drug-likeness (QED) is 0.542. The normalized spacial score (nSPS) is 20.8. The lowest BCUT2D eigenvalue weighted by Crippen LogP contribution is -2.48. The number of carboxylic acid groups (broad SMARTS) is 1. The zero-order chi connectivity index (χ0) is 25.3. The number of carboxylic acids is 1. The molecule has 0 radical (unpaired) electrons. The molecule has 0 saturated carbocycles. The van der Waals surface area contributed by atoms with Gasteiger partial charge in [-0.15, -0.1) is 0 Å². The average molecular weight is 495 g/mol. The highest BCUT2D eigenvalue weighted by atomic mass is 19.4. The fraction of sp³-hybridized carbons (Fsp3) is 0.409. The molecule has 12 heteroatoms. The monoisotopic (exact) mass is 495 g/mol. The van der Waals surface area contributed by atoms with Gasteiger partial charge in [-0.05, 0) is 48.4 Å². The maximum absolute atomic E-state index is 13.4. The zero-order valence-electron chi connectivity index (χ0n) is 17.7. The fourth-order valence-electron chi connectivity index (χ4n) is 3.67. The molecule has 5 nitrogen and oxygen atoms in total. The van der Waals surface area contributed by atoms with E-state index in [0.29, 0.717) is 17.7 Å². The summed E-state index contributed by atoms with van der Waals surface area (Å²) < 4.78 is 104. The zero-order valence-corrected chi connectivity index (χ0v) is 17.7. The van der Waals surface area contributed by atoms with Gasteiger partial charge in [0.05, 0.1) is 36.4 Å². The lowest BCUT2D eigenvalue weighted by molar-refractivity contribution is -0.230. The third kappa shape index (κ3) is 6.24. The summed E-state index contributed by atoms with van der Waals surface area (Å²) in [5.41, 5.74) is -2.96. The molecule has 1 N–H and O–H groups in total. The lowest BCUT2D eigenvalue weighted by Gasteiger charge is -2.41. The largest absolute Gasteiger partial charge is 0.480 e. The minimum Gasteiger partial charge on any atom is -0.480 e. The van der Waals surface area contributed by atoms with E-state index in [1.807, 2.05) is 0 Å². The Morgan fingerprint density at radius 1 is 1.09 bits per heavy atom. The molecule has 2 aromatic carbocycles. The number of rotatable bonds is 6. The van der Waals surface area contributed by atoms with Gasteiger partial charge in [0, 0.05) is 6.54 Å². The molecule has 0 aliphatic carbocycles. The summed E-state index contributed by atoms with van der Waals surface area (Å²) in [6, 6.07) is 5.24. The number of halogens is 7. The first kappa shape index (κ1) is 25.9. The molecule has 1 fully saturated rings. The molecule has 0 aromatic heterocycles. The van der Waals surface area contributed by atoms with Crippen molar-refractivity contribution in [2.75, 3.05) is 19.7 Å². The van der Waals surface area contributed by atoms with Crippen LogP contribution < -0.4 is 0 Å². The van der Waals surface area contributed by atoms with Crippen LogP contribution in [0.2, 0.25) is 0 Å². The van der Waals surface area contributed by atoms with Gasteiger partial charge in [0.2, 0.25) is 0 Å². The van der Waals surface area contributed by atoms with Crippen molar-refractivity contribution in [3.63, 3.8) is 0 Å². The molecule has 0 unspecified atom stereocenters. The van der Waals surface area contributed by atoms with Crippen molar-refractivity contribution in [1.29, 1.82) is 0 Å². The molecule has 0 bridgehead atoms. The van der Waals surface area contributed by atoms with E-state index in [0.717, 1.165) is 12.1 Å². The van der Waals surface area contributed by atoms with Gasteiger partial charge in [-0.2, -0.15) is 26.3 Å². The van der Waals surface area contributed by atoms with Crippen LogP contribution >= 0.6 is 0 Å². The van der Waals surface area contributed by atoms with Gasteiger partial charge in [0.25, 0.3) is 0 Å². The second-order valence-corrected chi connectivity index (χ2v) is 7.72. The lowest BCUT2D eigenvalue weighted by atomic mass is 10.0. The Morgan fingerprint density at radius 3 is 2.15 bits per heavy atom. The van der Waals surface area contributed by atoms with Crippen LogP contribution in [0, 0.1) is 5.82 Å². The summed E-state index contributed by atoms with van der Waals surface area (Å²) >= 11 is 0. The second-order valence-electron chi connectivity index (χ2n) is 7.72. The van der Waals surface area contributed by atoms with Gasteiger partial charge in [0.1, 0.15) is 5.82 Å².